The van der Waals surface area contributed by atoms with E-state index in [4.69, 9.17) is 18.9 Å². The number of rotatable bonds is 9. The van der Waals surface area contributed by atoms with Gasteiger partial charge in [0.05, 0.1) is 57.5 Å². The summed E-state index contributed by atoms with van der Waals surface area (Å²) in [5.41, 5.74) is 0. The van der Waals surface area contributed by atoms with Gasteiger partial charge in [-0.1, -0.05) is 6.92 Å². The Hall–Kier alpha value is -0.400. The molecule has 0 aromatic rings. The first kappa shape index (κ1) is 23.9. The van der Waals surface area contributed by atoms with E-state index < -0.39 is 54.7 Å². The third-order valence-electron chi connectivity index (χ3n) is 5.75. The van der Waals surface area contributed by atoms with Crippen LogP contribution in [0.3, 0.4) is 0 Å². The predicted molar refractivity (Wildman–Crippen MR) is 95.5 cm³/mol. The minimum absolute atomic E-state index is 0.0627. The Balaban J connectivity index is 1.92. The second-order valence-corrected chi connectivity index (χ2v) is 7.48. The van der Waals surface area contributed by atoms with Gasteiger partial charge in [0.2, 0.25) is 0 Å². The summed E-state index contributed by atoms with van der Waals surface area (Å²) in [6, 6.07) is 0. The smallest absolute Gasteiger partial charge is 0.110 e. The van der Waals surface area contributed by atoms with Gasteiger partial charge in [-0.3, -0.25) is 0 Å². The van der Waals surface area contributed by atoms with E-state index in [2.05, 4.69) is 0 Å². The Kier molecular flexibility index (Phi) is 9.48. The molecule has 0 amide bonds. The molecule has 28 heavy (non-hydrogen) atoms. The van der Waals surface area contributed by atoms with Gasteiger partial charge in [-0.2, -0.15) is 0 Å². The van der Waals surface area contributed by atoms with Crippen LogP contribution in [0.15, 0.2) is 0 Å². The van der Waals surface area contributed by atoms with Gasteiger partial charge in [0.1, 0.15) is 24.4 Å². The van der Waals surface area contributed by atoms with Crippen molar-refractivity contribution >= 4 is 0 Å². The minimum Gasteiger partial charge on any atom is -0.394 e. The van der Waals surface area contributed by atoms with Crippen LogP contribution in [-0.2, 0) is 18.9 Å². The van der Waals surface area contributed by atoms with Gasteiger partial charge in [-0.05, 0) is 6.42 Å². The third kappa shape index (κ3) is 5.20. The predicted octanol–water partition coefficient (Wildman–Crippen LogP) is -2.75. The number of hydrogen-bond donors (Lipinski definition) is 6. The highest BCUT2D eigenvalue weighted by Gasteiger charge is 2.45. The fraction of sp³-hybridized carbons (Fsp3) is 1.00. The lowest BCUT2D eigenvalue weighted by Gasteiger charge is -2.43. The van der Waals surface area contributed by atoms with E-state index in [1.807, 2.05) is 6.92 Å². The monoisotopic (exact) mass is 410 g/mol. The molecule has 2 aliphatic rings. The van der Waals surface area contributed by atoms with E-state index in [0.717, 1.165) is 0 Å². The molecule has 6 N–H and O–H groups in total. The topological polar surface area (TPSA) is 158 Å². The summed E-state index contributed by atoms with van der Waals surface area (Å²) in [4.78, 5) is 0. The Morgan fingerprint density at radius 3 is 1.68 bits per heavy atom. The summed E-state index contributed by atoms with van der Waals surface area (Å²) in [6.07, 6.45) is -7.04. The van der Waals surface area contributed by atoms with Crippen molar-refractivity contribution in [2.45, 2.75) is 62.2 Å². The summed E-state index contributed by atoms with van der Waals surface area (Å²) in [5.74, 6) is -1.08. The van der Waals surface area contributed by atoms with Crippen LogP contribution < -0.4 is 0 Å². The molecule has 10 heteroatoms. The molecular formula is C18H34O10. The van der Waals surface area contributed by atoms with E-state index in [9.17, 15) is 30.6 Å². The molecule has 0 aromatic heterocycles. The van der Waals surface area contributed by atoms with Crippen molar-refractivity contribution in [3.05, 3.63) is 0 Å². The fourth-order valence-corrected chi connectivity index (χ4v) is 4.03. The van der Waals surface area contributed by atoms with Gasteiger partial charge in [0.25, 0.3) is 0 Å². The molecular weight excluding hydrogens is 376 g/mol. The van der Waals surface area contributed by atoms with E-state index in [-0.39, 0.29) is 39.0 Å². The molecule has 2 rings (SSSR count). The van der Waals surface area contributed by atoms with Crippen LogP contribution in [0.4, 0.5) is 0 Å². The first-order chi connectivity index (χ1) is 13.4. The number of aliphatic hydroxyl groups is 6. The van der Waals surface area contributed by atoms with Gasteiger partial charge >= 0.3 is 0 Å². The SMILES string of the molecule is CC[C@H]1C(CO)O[C@@H](COC[C@@H]2C(CO)O[C@H](COC)C(O)[C@@H]2O)C(O)[C@@H]1O. The lowest BCUT2D eigenvalue weighted by molar-refractivity contribution is -0.239. The van der Waals surface area contributed by atoms with Crippen molar-refractivity contribution in [1.82, 2.24) is 0 Å². The van der Waals surface area contributed by atoms with E-state index in [1.54, 1.807) is 0 Å². The Morgan fingerprint density at radius 1 is 0.679 bits per heavy atom. The van der Waals surface area contributed by atoms with E-state index in [0.29, 0.717) is 6.42 Å². The van der Waals surface area contributed by atoms with Gasteiger partial charge in [0, 0.05) is 18.9 Å². The van der Waals surface area contributed by atoms with Gasteiger partial charge < -0.3 is 49.6 Å². The lowest BCUT2D eigenvalue weighted by Crippen LogP contribution is -2.58. The highest BCUT2D eigenvalue weighted by molar-refractivity contribution is 4.93. The minimum atomic E-state index is -1.20. The summed E-state index contributed by atoms with van der Waals surface area (Å²) in [7, 11) is 1.44. The number of aliphatic hydroxyl groups excluding tert-OH is 6. The zero-order chi connectivity index (χ0) is 20.8. The highest BCUT2D eigenvalue weighted by atomic mass is 16.6. The molecule has 2 saturated heterocycles. The molecule has 0 spiro atoms. The van der Waals surface area contributed by atoms with Crippen molar-refractivity contribution < 1.29 is 49.6 Å². The van der Waals surface area contributed by atoms with Crippen LogP contribution in [0, 0.1) is 11.8 Å². The van der Waals surface area contributed by atoms with Crippen LogP contribution in [0.2, 0.25) is 0 Å². The molecule has 2 aliphatic heterocycles. The van der Waals surface area contributed by atoms with Crippen molar-refractivity contribution in [1.29, 1.82) is 0 Å². The number of ether oxygens (including phenoxy) is 4. The van der Waals surface area contributed by atoms with Crippen LogP contribution in [0.5, 0.6) is 0 Å². The Labute approximate surface area is 164 Å². The fourth-order valence-electron chi connectivity index (χ4n) is 4.03. The average Bonchev–Trinajstić information content (AvgIpc) is 2.70. The second kappa shape index (κ2) is 11.1. The van der Waals surface area contributed by atoms with Crippen molar-refractivity contribution in [2.24, 2.45) is 11.8 Å². The van der Waals surface area contributed by atoms with Crippen LogP contribution >= 0.6 is 0 Å². The second-order valence-electron chi connectivity index (χ2n) is 7.48. The summed E-state index contributed by atoms with van der Waals surface area (Å²) in [5, 5.41) is 60.1. The molecule has 10 atom stereocenters. The van der Waals surface area contributed by atoms with Gasteiger partial charge in [-0.15, -0.1) is 0 Å². The largest absolute Gasteiger partial charge is 0.394 e. The van der Waals surface area contributed by atoms with E-state index >= 15 is 0 Å². The molecule has 0 radical (unpaired) electrons. The van der Waals surface area contributed by atoms with Crippen molar-refractivity contribution in [2.75, 3.05) is 40.1 Å². The van der Waals surface area contributed by atoms with Crippen LogP contribution in [0.25, 0.3) is 0 Å². The Bertz CT molecular complexity index is 448. The maximum atomic E-state index is 10.4. The molecule has 0 bridgehead atoms. The van der Waals surface area contributed by atoms with Crippen molar-refractivity contribution in [3.8, 4) is 0 Å². The first-order valence-electron chi connectivity index (χ1n) is 9.71. The number of methoxy groups -OCH3 is 1. The molecule has 10 nitrogen and oxygen atoms in total. The lowest BCUT2D eigenvalue weighted by atomic mass is 9.85. The molecule has 0 aliphatic carbocycles. The normalized spacial score (nSPS) is 44.6. The maximum absolute atomic E-state index is 10.4. The zero-order valence-corrected chi connectivity index (χ0v) is 16.3. The molecule has 2 fully saturated rings. The summed E-state index contributed by atoms with van der Waals surface area (Å²) in [6.45, 7) is 1.10. The molecule has 0 aromatic carbocycles. The van der Waals surface area contributed by atoms with Gasteiger partial charge in [-0.25, -0.2) is 0 Å². The van der Waals surface area contributed by atoms with Crippen LogP contribution in [-0.4, -0.2) is 120 Å². The quantitative estimate of drug-likeness (QED) is 0.235. The average molecular weight is 410 g/mol. The molecule has 2 heterocycles. The third-order valence-corrected chi connectivity index (χ3v) is 5.75. The molecule has 4 unspecified atom stereocenters. The summed E-state index contributed by atoms with van der Waals surface area (Å²) < 4.78 is 21.8. The van der Waals surface area contributed by atoms with Gasteiger partial charge in [0.15, 0.2) is 0 Å². The molecule has 166 valence electrons. The first-order valence-corrected chi connectivity index (χ1v) is 9.71. The summed E-state index contributed by atoms with van der Waals surface area (Å²) >= 11 is 0. The van der Waals surface area contributed by atoms with Crippen molar-refractivity contribution in [3.63, 3.8) is 0 Å². The standard InChI is InChI=1S/C18H34O10/c1-3-9-11(4-19)27-14(18(24)15(9)21)8-26-6-10-12(5-20)28-13(7-25-2)17(23)16(10)22/h9-24H,3-8H2,1-2H3/t9-,10+,11?,12?,13+,14-,15+,16+,17?,18?/m0/s1. The maximum Gasteiger partial charge on any atom is 0.110 e. The zero-order valence-electron chi connectivity index (χ0n) is 16.3. The van der Waals surface area contributed by atoms with Crippen LogP contribution in [0.1, 0.15) is 13.3 Å². The van der Waals surface area contributed by atoms with E-state index in [1.165, 1.54) is 7.11 Å². The number of hydrogen-bond acceptors (Lipinski definition) is 10. The Morgan fingerprint density at radius 2 is 1.18 bits per heavy atom. The highest BCUT2D eigenvalue weighted by Crippen LogP contribution is 2.30. The molecule has 0 saturated carbocycles.